The van der Waals surface area contributed by atoms with E-state index in [0.717, 1.165) is 12.1 Å². The number of nitrogens with one attached hydrogen (secondary N) is 1. The molecule has 0 aliphatic carbocycles. The maximum Gasteiger partial charge on any atom is 0.263 e. The highest BCUT2D eigenvalue weighted by atomic mass is 32.2. The Hall–Kier alpha value is -3.13. The smallest absolute Gasteiger partial charge is 0.263 e. The van der Waals surface area contributed by atoms with Crippen molar-refractivity contribution in [2.24, 2.45) is 0 Å². The molecular formula is C20H20N4O3S. The lowest BCUT2D eigenvalue weighted by molar-refractivity contribution is 0.414. The third-order valence-electron chi connectivity index (χ3n) is 4.71. The van der Waals surface area contributed by atoms with Gasteiger partial charge in [-0.3, -0.25) is 4.72 Å². The van der Waals surface area contributed by atoms with Crippen molar-refractivity contribution in [2.45, 2.75) is 24.3 Å². The number of aromatic nitrogens is 2. The molecule has 0 amide bonds. The molecule has 0 bridgehead atoms. The van der Waals surface area contributed by atoms with Gasteiger partial charge in [0, 0.05) is 11.7 Å². The Labute approximate surface area is 164 Å². The van der Waals surface area contributed by atoms with Crippen LogP contribution in [0.2, 0.25) is 0 Å². The number of benzene rings is 2. The molecule has 3 aromatic rings. The van der Waals surface area contributed by atoms with Gasteiger partial charge in [-0.05, 0) is 61.4 Å². The van der Waals surface area contributed by atoms with Crippen molar-refractivity contribution in [1.82, 2.24) is 10.2 Å². The summed E-state index contributed by atoms with van der Waals surface area (Å²) in [4.78, 5) is 2.24. The Morgan fingerprint density at radius 1 is 1.04 bits per heavy atom. The molecular weight excluding hydrogens is 376 g/mol. The van der Waals surface area contributed by atoms with Crippen molar-refractivity contribution < 1.29 is 13.2 Å². The largest absolute Gasteiger partial charge is 0.497 e. The SMILES string of the molecule is COc1ccc(S(=O)(=O)Nc2ccc(N3c4ccccc4CC3C)nn2)cc1. The summed E-state index contributed by atoms with van der Waals surface area (Å²) >= 11 is 0. The number of hydrogen-bond donors (Lipinski definition) is 1. The maximum absolute atomic E-state index is 12.5. The minimum atomic E-state index is -3.75. The molecule has 2 heterocycles. The Morgan fingerprint density at radius 3 is 2.46 bits per heavy atom. The summed E-state index contributed by atoms with van der Waals surface area (Å²) < 4.78 is 32.6. The van der Waals surface area contributed by atoms with Gasteiger partial charge in [-0.15, -0.1) is 10.2 Å². The number of ether oxygens (including phenoxy) is 1. The number of nitrogens with zero attached hydrogens (tertiary/aromatic N) is 3. The van der Waals surface area contributed by atoms with Crippen molar-refractivity contribution in [3.05, 3.63) is 66.2 Å². The third-order valence-corrected chi connectivity index (χ3v) is 6.08. The lowest BCUT2D eigenvalue weighted by atomic mass is 10.1. The van der Waals surface area contributed by atoms with E-state index >= 15 is 0 Å². The molecule has 0 fully saturated rings. The maximum atomic E-state index is 12.5. The van der Waals surface area contributed by atoms with E-state index in [1.54, 1.807) is 24.3 Å². The van der Waals surface area contributed by atoms with Gasteiger partial charge in [-0.2, -0.15) is 0 Å². The molecule has 1 aliphatic heterocycles. The van der Waals surface area contributed by atoms with Gasteiger partial charge in [-0.1, -0.05) is 18.2 Å². The minimum absolute atomic E-state index is 0.126. The fourth-order valence-electron chi connectivity index (χ4n) is 3.37. The summed E-state index contributed by atoms with van der Waals surface area (Å²) in [6.07, 6.45) is 0.934. The van der Waals surface area contributed by atoms with Crippen LogP contribution < -0.4 is 14.4 Å². The molecule has 1 atom stereocenters. The number of fused-ring (bicyclic) bond motifs is 1. The van der Waals surface area contributed by atoms with Crippen molar-refractivity contribution in [3.63, 3.8) is 0 Å². The third kappa shape index (κ3) is 3.38. The molecule has 2 aromatic carbocycles. The zero-order valence-electron chi connectivity index (χ0n) is 15.5. The molecule has 0 saturated carbocycles. The standard InChI is InChI=1S/C20H20N4O3S/c1-14-13-15-5-3-4-6-18(15)24(14)20-12-11-19(21-22-20)23-28(25,26)17-9-7-16(27-2)8-10-17/h3-12,14H,13H2,1-2H3,(H,21,23). The number of anilines is 3. The van der Waals surface area contributed by atoms with E-state index < -0.39 is 10.0 Å². The summed E-state index contributed by atoms with van der Waals surface area (Å²) in [6, 6.07) is 18.0. The molecule has 0 saturated heterocycles. The molecule has 28 heavy (non-hydrogen) atoms. The van der Waals surface area contributed by atoms with Gasteiger partial charge in [0.25, 0.3) is 10.0 Å². The zero-order chi connectivity index (χ0) is 19.7. The molecule has 1 aromatic heterocycles. The first-order valence-corrected chi connectivity index (χ1v) is 10.3. The van der Waals surface area contributed by atoms with Gasteiger partial charge < -0.3 is 9.64 Å². The first-order valence-electron chi connectivity index (χ1n) is 8.86. The summed E-state index contributed by atoms with van der Waals surface area (Å²) in [5.74, 6) is 1.44. The topological polar surface area (TPSA) is 84.4 Å². The average Bonchev–Trinajstić information content (AvgIpc) is 3.04. The van der Waals surface area contributed by atoms with E-state index in [9.17, 15) is 8.42 Å². The van der Waals surface area contributed by atoms with Crippen LogP contribution in [0.4, 0.5) is 17.3 Å². The molecule has 1 N–H and O–H groups in total. The van der Waals surface area contributed by atoms with Crippen LogP contribution in [0.25, 0.3) is 0 Å². The fraction of sp³-hybridized carbons (Fsp3) is 0.200. The second-order valence-electron chi connectivity index (χ2n) is 6.61. The van der Waals surface area contributed by atoms with Crippen LogP contribution in [0, 0.1) is 0 Å². The van der Waals surface area contributed by atoms with E-state index in [0.29, 0.717) is 11.6 Å². The summed E-state index contributed by atoms with van der Waals surface area (Å²) in [6.45, 7) is 2.13. The van der Waals surface area contributed by atoms with E-state index in [-0.39, 0.29) is 16.8 Å². The number of sulfonamides is 1. The minimum Gasteiger partial charge on any atom is -0.497 e. The summed E-state index contributed by atoms with van der Waals surface area (Å²) in [5, 5.41) is 8.31. The van der Waals surface area contributed by atoms with Gasteiger partial charge in [0.2, 0.25) is 0 Å². The molecule has 144 valence electrons. The fourth-order valence-corrected chi connectivity index (χ4v) is 4.37. The van der Waals surface area contributed by atoms with Crippen LogP contribution in [0.1, 0.15) is 12.5 Å². The Bertz CT molecular complexity index is 1080. The Balaban J connectivity index is 1.55. The highest BCUT2D eigenvalue weighted by Gasteiger charge is 2.28. The molecule has 0 spiro atoms. The number of methoxy groups -OCH3 is 1. The zero-order valence-corrected chi connectivity index (χ0v) is 16.3. The molecule has 7 nitrogen and oxygen atoms in total. The van der Waals surface area contributed by atoms with Crippen LogP contribution in [0.15, 0.2) is 65.6 Å². The van der Waals surface area contributed by atoms with Crippen LogP contribution in [-0.2, 0) is 16.4 Å². The summed E-state index contributed by atoms with van der Waals surface area (Å²) in [7, 11) is -2.22. The van der Waals surface area contributed by atoms with Crippen LogP contribution in [0.5, 0.6) is 5.75 Å². The van der Waals surface area contributed by atoms with Gasteiger partial charge in [0.05, 0.1) is 12.0 Å². The molecule has 8 heteroatoms. The van der Waals surface area contributed by atoms with Crippen molar-refractivity contribution in [2.75, 3.05) is 16.7 Å². The monoisotopic (exact) mass is 396 g/mol. The van der Waals surface area contributed by atoms with Crippen molar-refractivity contribution in [3.8, 4) is 5.75 Å². The van der Waals surface area contributed by atoms with Crippen molar-refractivity contribution in [1.29, 1.82) is 0 Å². The van der Waals surface area contributed by atoms with Gasteiger partial charge >= 0.3 is 0 Å². The first kappa shape index (κ1) is 18.2. The quantitative estimate of drug-likeness (QED) is 0.712. The number of para-hydroxylation sites is 1. The Morgan fingerprint density at radius 2 is 1.79 bits per heavy atom. The predicted molar refractivity (Wildman–Crippen MR) is 108 cm³/mol. The van der Waals surface area contributed by atoms with E-state index in [1.165, 1.54) is 24.8 Å². The normalized spacial score (nSPS) is 15.9. The number of hydrogen-bond acceptors (Lipinski definition) is 6. The highest BCUT2D eigenvalue weighted by Crippen LogP contribution is 2.37. The molecule has 1 unspecified atom stereocenters. The lowest BCUT2D eigenvalue weighted by Crippen LogP contribution is -2.25. The first-order chi connectivity index (χ1) is 13.5. The molecule has 4 rings (SSSR count). The van der Waals surface area contributed by atoms with Crippen molar-refractivity contribution >= 4 is 27.3 Å². The second-order valence-corrected chi connectivity index (χ2v) is 8.29. The van der Waals surface area contributed by atoms with E-state index in [4.69, 9.17) is 4.74 Å². The predicted octanol–water partition coefficient (Wildman–Crippen LogP) is 3.37. The molecule has 0 radical (unpaired) electrons. The van der Waals surface area contributed by atoms with Crippen LogP contribution in [0.3, 0.4) is 0 Å². The Kier molecular flexibility index (Phi) is 4.64. The van der Waals surface area contributed by atoms with Gasteiger partial charge in [0.15, 0.2) is 11.6 Å². The number of rotatable bonds is 5. The molecule has 1 aliphatic rings. The lowest BCUT2D eigenvalue weighted by Gasteiger charge is -2.23. The highest BCUT2D eigenvalue weighted by molar-refractivity contribution is 7.92. The summed E-state index contributed by atoms with van der Waals surface area (Å²) in [5.41, 5.74) is 2.37. The second kappa shape index (κ2) is 7.12. The van der Waals surface area contributed by atoms with E-state index in [2.05, 4.69) is 38.9 Å². The average molecular weight is 396 g/mol. The van der Waals surface area contributed by atoms with Crippen LogP contribution >= 0.6 is 0 Å². The van der Waals surface area contributed by atoms with Crippen LogP contribution in [-0.4, -0.2) is 31.8 Å². The van der Waals surface area contributed by atoms with Gasteiger partial charge in [-0.25, -0.2) is 8.42 Å². The van der Waals surface area contributed by atoms with E-state index in [1.807, 2.05) is 12.1 Å². The van der Waals surface area contributed by atoms with Gasteiger partial charge in [0.1, 0.15) is 5.75 Å².